The van der Waals surface area contributed by atoms with E-state index >= 15 is 0 Å². The molecule has 0 atom stereocenters. The Morgan fingerprint density at radius 1 is 0.939 bits per heavy atom. The van der Waals surface area contributed by atoms with Crippen LogP contribution in [-0.2, 0) is 0 Å². The number of ether oxygens (including phenoxy) is 1. The second kappa shape index (κ2) is 9.82. The predicted molar refractivity (Wildman–Crippen MR) is 119 cm³/mol. The minimum absolute atomic E-state index is 0.0120. The quantitative estimate of drug-likeness (QED) is 0.284. The van der Waals surface area contributed by atoms with Gasteiger partial charge in [-0.1, -0.05) is 43.4 Å². The lowest BCUT2D eigenvalue weighted by molar-refractivity contribution is -0.0520. The monoisotopic (exact) mass is 458 g/mol. The van der Waals surface area contributed by atoms with Gasteiger partial charge in [0.05, 0.1) is 5.56 Å². The fourth-order valence-electron chi connectivity index (χ4n) is 4.44. The van der Waals surface area contributed by atoms with Gasteiger partial charge in [-0.25, -0.2) is 13.2 Å². The van der Waals surface area contributed by atoms with Gasteiger partial charge in [0.25, 0.3) is 0 Å². The van der Waals surface area contributed by atoms with E-state index in [9.17, 15) is 22.0 Å². The van der Waals surface area contributed by atoms with Gasteiger partial charge < -0.3 is 4.74 Å². The van der Waals surface area contributed by atoms with E-state index in [1.165, 1.54) is 42.8 Å². The van der Waals surface area contributed by atoms with Crippen molar-refractivity contribution in [2.24, 2.45) is 11.8 Å². The molecule has 0 aromatic heterocycles. The van der Waals surface area contributed by atoms with Crippen LogP contribution in [0.3, 0.4) is 0 Å². The molecule has 0 N–H and O–H groups in total. The molecular formula is C27H23F5O. The summed E-state index contributed by atoms with van der Waals surface area (Å²) in [6.45, 7) is -0.970. The predicted octanol–water partition coefficient (Wildman–Crippen LogP) is 8.09. The van der Waals surface area contributed by atoms with Gasteiger partial charge in [0.2, 0.25) is 0 Å². The highest BCUT2D eigenvalue weighted by Crippen LogP contribution is 2.34. The molecule has 0 unspecified atom stereocenters. The van der Waals surface area contributed by atoms with Gasteiger partial charge in [0, 0.05) is 16.9 Å². The van der Waals surface area contributed by atoms with E-state index in [2.05, 4.69) is 23.5 Å². The van der Waals surface area contributed by atoms with Crippen molar-refractivity contribution in [1.82, 2.24) is 0 Å². The summed E-state index contributed by atoms with van der Waals surface area (Å²) in [5, 5.41) is 0.315. The third kappa shape index (κ3) is 5.13. The van der Waals surface area contributed by atoms with E-state index in [0.717, 1.165) is 37.7 Å². The summed E-state index contributed by atoms with van der Waals surface area (Å²) in [7, 11) is 0. The van der Waals surface area contributed by atoms with Gasteiger partial charge in [0.1, 0.15) is 11.6 Å². The number of alkyl halides is 2. The van der Waals surface area contributed by atoms with E-state index in [1.807, 2.05) is 0 Å². The van der Waals surface area contributed by atoms with Crippen LogP contribution < -0.4 is 4.74 Å². The zero-order valence-electron chi connectivity index (χ0n) is 18.1. The number of hydrogen-bond donors (Lipinski definition) is 0. The molecular weight excluding hydrogens is 435 g/mol. The maximum absolute atomic E-state index is 14.9. The lowest BCUT2D eigenvalue weighted by Crippen LogP contribution is -2.12. The number of benzene rings is 3. The molecule has 1 aliphatic rings. The Bertz CT molecular complexity index is 1190. The summed E-state index contributed by atoms with van der Waals surface area (Å²) in [4.78, 5) is 0. The molecule has 0 radical (unpaired) electrons. The lowest BCUT2D eigenvalue weighted by Gasteiger charge is -2.24. The third-order valence-electron chi connectivity index (χ3n) is 6.31. The highest BCUT2D eigenvalue weighted by atomic mass is 19.3. The highest BCUT2D eigenvalue weighted by molar-refractivity contribution is 5.89. The SMILES string of the molecule is CCC1CCC(C#Cc2cc(F)c(-c3ccc4c(F)c(OC(F)F)ccc4c3)c(F)c2)CC1. The Labute approximate surface area is 189 Å². The van der Waals surface area contributed by atoms with Crippen LogP contribution in [0.5, 0.6) is 5.75 Å². The van der Waals surface area contributed by atoms with Crippen molar-refractivity contribution < 1.29 is 26.7 Å². The van der Waals surface area contributed by atoms with Gasteiger partial charge in [0.15, 0.2) is 11.6 Å². The summed E-state index contributed by atoms with van der Waals surface area (Å²) < 4.78 is 73.1. The summed E-state index contributed by atoms with van der Waals surface area (Å²) in [5.41, 5.74) is 0.225. The van der Waals surface area contributed by atoms with Crippen LogP contribution in [0.25, 0.3) is 21.9 Å². The van der Waals surface area contributed by atoms with E-state index < -0.39 is 29.8 Å². The first-order valence-corrected chi connectivity index (χ1v) is 11.0. The van der Waals surface area contributed by atoms with Crippen molar-refractivity contribution in [2.75, 3.05) is 0 Å². The zero-order chi connectivity index (χ0) is 23.5. The smallest absolute Gasteiger partial charge is 0.387 e. The number of fused-ring (bicyclic) bond motifs is 1. The summed E-state index contributed by atoms with van der Waals surface area (Å²) in [6.07, 6.45) is 5.45. The Kier molecular flexibility index (Phi) is 6.88. The van der Waals surface area contributed by atoms with Crippen molar-refractivity contribution in [1.29, 1.82) is 0 Å². The second-order valence-electron chi connectivity index (χ2n) is 8.40. The van der Waals surface area contributed by atoms with Crippen molar-refractivity contribution in [2.45, 2.75) is 45.6 Å². The first kappa shape index (κ1) is 23.1. The minimum Gasteiger partial charge on any atom is -0.432 e. The van der Waals surface area contributed by atoms with E-state index in [0.29, 0.717) is 5.39 Å². The molecule has 3 aromatic carbocycles. The normalized spacial score (nSPS) is 18.3. The first-order chi connectivity index (χ1) is 15.9. The van der Waals surface area contributed by atoms with Gasteiger partial charge in [-0.2, -0.15) is 8.78 Å². The maximum Gasteiger partial charge on any atom is 0.387 e. The van der Waals surface area contributed by atoms with Gasteiger partial charge in [-0.15, -0.1) is 0 Å². The fourth-order valence-corrected chi connectivity index (χ4v) is 4.44. The van der Waals surface area contributed by atoms with Gasteiger partial charge in [-0.05, 0) is 66.8 Å². The average Bonchev–Trinajstić information content (AvgIpc) is 2.79. The Balaban J connectivity index is 1.60. The van der Waals surface area contributed by atoms with Crippen LogP contribution >= 0.6 is 0 Å². The molecule has 0 amide bonds. The van der Waals surface area contributed by atoms with Gasteiger partial charge >= 0.3 is 6.61 Å². The van der Waals surface area contributed by atoms with Crippen LogP contribution in [-0.4, -0.2) is 6.61 Å². The summed E-state index contributed by atoms with van der Waals surface area (Å²) >= 11 is 0. The summed E-state index contributed by atoms with van der Waals surface area (Å²) in [5.74, 6) is 3.96. The molecule has 4 rings (SSSR count). The molecule has 3 aromatic rings. The second-order valence-corrected chi connectivity index (χ2v) is 8.40. The molecule has 0 heterocycles. The van der Waals surface area contributed by atoms with Crippen LogP contribution in [0.4, 0.5) is 22.0 Å². The molecule has 0 spiro atoms. The van der Waals surface area contributed by atoms with Crippen LogP contribution in [0, 0.1) is 41.1 Å². The van der Waals surface area contributed by atoms with Crippen LogP contribution in [0.1, 0.15) is 44.6 Å². The molecule has 1 nitrogen and oxygen atoms in total. The maximum atomic E-state index is 14.9. The Morgan fingerprint density at radius 3 is 2.27 bits per heavy atom. The molecule has 172 valence electrons. The minimum atomic E-state index is -3.16. The summed E-state index contributed by atoms with van der Waals surface area (Å²) in [6, 6.07) is 8.87. The van der Waals surface area contributed by atoms with Gasteiger partial charge in [-0.3, -0.25) is 0 Å². The topological polar surface area (TPSA) is 9.23 Å². The molecule has 6 heteroatoms. The highest BCUT2D eigenvalue weighted by Gasteiger charge is 2.19. The molecule has 0 saturated heterocycles. The number of rotatable bonds is 4. The fraction of sp³-hybridized carbons (Fsp3) is 0.333. The van der Waals surface area contributed by atoms with Crippen LogP contribution in [0.15, 0.2) is 42.5 Å². The van der Waals surface area contributed by atoms with Crippen molar-refractivity contribution in [3.63, 3.8) is 0 Å². The largest absolute Gasteiger partial charge is 0.432 e. The van der Waals surface area contributed by atoms with Crippen LogP contribution in [0.2, 0.25) is 0 Å². The van der Waals surface area contributed by atoms with E-state index in [1.54, 1.807) is 0 Å². The average molecular weight is 458 g/mol. The molecule has 0 bridgehead atoms. The van der Waals surface area contributed by atoms with E-state index in [-0.39, 0.29) is 28.0 Å². The lowest BCUT2D eigenvalue weighted by atomic mass is 9.81. The number of halogens is 5. The molecule has 0 aliphatic heterocycles. The zero-order valence-corrected chi connectivity index (χ0v) is 18.1. The molecule has 1 aliphatic carbocycles. The van der Waals surface area contributed by atoms with Crippen molar-refractivity contribution in [3.05, 3.63) is 65.5 Å². The Morgan fingerprint density at radius 2 is 1.64 bits per heavy atom. The third-order valence-corrected chi connectivity index (χ3v) is 6.31. The molecule has 1 fully saturated rings. The first-order valence-electron chi connectivity index (χ1n) is 11.0. The van der Waals surface area contributed by atoms with E-state index in [4.69, 9.17) is 0 Å². The number of hydrogen-bond acceptors (Lipinski definition) is 1. The molecule has 1 saturated carbocycles. The standard InChI is InChI=1S/C27H23F5O/c1-2-16-3-5-17(6-4-16)7-8-18-13-22(28)25(23(29)14-18)20-9-11-21-19(15-20)10-12-24(26(21)30)33-27(31)32/h9-17,27H,2-6H2,1H3. The van der Waals surface area contributed by atoms with Crippen molar-refractivity contribution in [3.8, 4) is 28.7 Å². The molecule has 33 heavy (non-hydrogen) atoms. The Hall–Kier alpha value is -3.07. The van der Waals surface area contributed by atoms with Crippen molar-refractivity contribution >= 4 is 10.8 Å².